The summed E-state index contributed by atoms with van der Waals surface area (Å²) >= 11 is 4.78. The van der Waals surface area contributed by atoms with Gasteiger partial charge < -0.3 is 4.90 Å². The predicted molar refractivity (Wildman–Crippen MR) is 99.1 cm³/mol. The minimum atomic E-state index is -0.222. The SMILES string of the molecule is CCCCn1c(SCC(=O)N(C)Cc2ccccc2Br)n[nH]c1=O. The van der Waals surface area contributed by atoms with Crippen molar-refractivity contribution >= 4 is 33.6 Å². The van der Waals surface area contributed by atoms with Crippen molar-refractivity contribution in [1.82, 2.24) is 19.7 Å². The highest BCUT2D eigenvalue weighted by Crippen LogP contribution is 2.19. The molecular weight excluding hydrogens is 392 g/mol. The first-order valence-electron chi connectivity index (χ1n) is 7.78. The van der Waals surface area contributed by atoms with Gasteiger partial charge in [0.1, 0.15) is 0 Å². The number of thioether (sulfide) groups is 1. The molecule has 1 heterocycles. The van der Waals surface area contributed by atoms with Gasteiger partial charge in [-0.3, -0.25) is 9.36 Å². The van der Waals surface area contributed by atoms with E-state index in [1.165, 1.54) is 11.8 Å². The van der Waals surface area contributed by atoms with Crippen LogP contribution in [0.5, 0.6) is 0 Å². The van der Waals surface area contributed by atoms with Crippen molar-refractivity contribution in [2.24, 2.45) is 0 Å². The molecule has 1 aromatic heterocycles. The molecule has 1 amide bonds. The molecule has 0 radical (unpaired) electrons. The molecule has 0 saturated carbocycles. The lowest BCUT2D eigenvalue weighted by atomic mass is 10.2. The number of aromatic amines is 1. The molecule has 0 aliphatic heterocycles. The summed E-state index contributed by atoms with van der Waals surface area (Å²) in [6.45, 7) is 3.22. The topological polar surface area (TPSA) is 71.0 Å². The number of unbranched alkanes of at least 4 members (excludes halogenated alkanes) is 1. The Morgan fingerprint density at radius 3 is 2.88 bits per heavy atom. The fourth-order valence-electron chi connectivity index (χ4n) is 2.13. The van der Waals surface area contributed by atoms with Crippen molar-refractivity contribution in [3.63, 3.8) is 0 Å². The highest BCUT2D eigenvalue weighted by Gasteiger charge is 2.14. The Balaban J connectivity index is 1.93. The van der Waals surface area contributed by atoms with Gasteiger partial charge in [0.05, 0.1) is 5.75 Å². The molecule has 2 aromatic rings. The smallest absolute Gasteiger partial charge is 0.341 e. The number of nitrogens with one attached hydrogen (secondary N) is 1. The van der Waals surface area contributed by atoms with E-state index in [9.17, 15) is 9.59 Å². The molecule has 1 aromatic carbocycles. The summed E-state index contributed by atoms with van der Waals surface area (Å²) in [5, 5.41) is 7.03. The van der Waals surface area contributed by atoms with Gasteiger partial charge in [-0.1, -0.05) is 59.2 Å². The van der Waals surface area contributed by atoms with Crippen molar-refractivity contribution in [3.8, 4) is 0 Å². The van der Waals surface area contributed by atoms with E-state index < -0.39 is 0 Å². The molecule has 0 bridgehead atoms. The normalized spacial score (nSPS) is 10.8. The van der Waals surface area contributed by atoms with E-state index in [0.717, 1.165) is 22.9 Å². The summed E-state index contributed by atoms with van der Waals surface area (Å²) in [4.78, 5) is 25.7. The van der Waals surface area contributed by atoms with Gasteiger partial charge in [0.15, 0.2) is 5.16 Å². The second-order valence-corrected chi connectivity index (χ2v) is 7.24. The number of benzene rings is 1. The zero-order valence-corrected chi connectivity index (χ0v) is 16.2. The third-order valence-electron chi connectivity index (χ3n) is 3.57. The second-order valence-electron chi connectivity index (χ2n) is 5.45. The first-order valence-corrected chi connectivity index (χ1v) is 9.56. The zero-order chi connectivity index (χ0) is 17.5. The molecule has 0 unspecified atom stereocenters. The number of aromatic nitrogens is 3. The third kappa shape index (κ3) is 4.98. The quantitative estimate of drug-likeness (QED) is 0.676. The first-order chi connectivity index (χ1) is 11.5. The number of amides is 1. The average Bonchev–Trinajstić information content (AvgIpc) is 2.92. The molecule has 2 rings (SSSR count). The van der Waals surface area contributed by atoms with Crippen LogP contribution in [0.2, 0.25) is 0 Å². The standard InChI is InChI=1S/C16H21BrN4O2S/c1-3-4-9-21-15(23)18-19-16(21)24-11-14(22)20(2)10-12-7-5-6-8-13(12)17/h5-8H,3-4,9-11H2,1-2H3,(H,18,23). The Morgan fingerprint density at radius 2 is 2.17 bits per heavy atom. The van der Waals surface area contributed by atoms with Gasteiger partial charge in [-0.15, -0.1) is 5.10 Å². The number of rotatable bonds is 8. The van der Waals surface area contributed by atoms with E-state index in [-0.39, 0.29) is 17.3 Å². The van der Waals surface area contributed by atoms with Crippen LogP contribution in [0.3, 0.4) is 0 Å². The maximum absolute atomic E-state index is 12.3. The summed E-state index contributed by atoms with van der Waals surface area (Å²) in [7, 11) is 1.77. The molecule has 0 aliphatic rings. The molecular formula is C16H21BrN4O2S. The molecule has 0 atom stereocenters. The number of H-pyrrole nitrogens is 1. The number of nitrogens with zero attached hydrogens (tertiary/aromatic N) is 3. The van der Waals surface area contributed by atoms with Crippen LogP contribution in [0.15, 0.2) is 38.7 Å². The minimum Gasteiger partial charge on any atom is -0.341 e. The Kier molecular flexibility index (Phi) is 7.11. The number of carbonyl (C=O) groups excluding carboxylic acids is 1. The van der Waals surface area contributed by atoms with Crippen LogP contribution < -0.4 is 5.69 Å². The van der Waals surface area contributed by atoms with E-state index in [2.05, 4.69) is 33.1 Å². The van der Waals surface area contributed by atoms with Crippen LogP contribution in [0.4, 0.5) is 0 Å². The van der Waals surface area contributed by atoms with Crippen LogP contribution in [0.1, 0.15) is 25.3 Å². The predicted octanol–water partition coefficient (Wildman–Crippen LogP) is 2.88. The molecule has 130 valence electrons. The van der Waals surface area contributed by atoms with E-state index in [0.29, 0.717) is 18.2 Å². The number of hydrogen-bond donors (Lipinski definition) is 1. The molecule has 24 heavy (non-hydrogen) atoms. The monoisotopic (exact) mass is 412 g/mol. The van der Waals surface area contributed by atoms with E-state index in [4.69, 9.17) is 0 Å². The van der Waals surface area contributed by atoms with Crippen LogP contribution in [0.25, 0.3) is 0 Å². The maximum Gasteiger partial charge on any atom is 0.343 e. The molecule has 6 nitrogen and oxygen atoms in total. The largest absolute Gasteiger partial charge is 0.343 e. The first kappa shape index (κ1) is 18.8. The molecule has 0 saturated heterocycles. The third-order valence-corrected chi connectivity index (χ3v) is 5.31. The van der Waals surface area contributed by atoms with Crippen molar-refractivity contribution in [3.05, 3.63) is 44.8 Å². The van der Waals surface area contributed by atoms with Gasteiger partial charge in [-0.25, -0.2) is 9.89 Å². The van der Waals surface area contributed by atoms with Crippen LogP contribution >= 0.6 is 27.7 Å². The van der Waals surface area contributed by atoms with Gasteiger partial charge in [0.2, 0.25) is 5.91 Å². The Bertz CT molecular complexity index is 744. The maximum atomic E-state index is 12.3. The Labute approximate surface area is 153 Å². The summed E-state index contributed by atoms with van der Waals surface area (Å²) in [6, 6.07) is 7.83. The van der Waals surface area contributed by atoms with Gasteiger partial charge >= 0.3 is 5.69 Å². The Hall–Kier alpha value is -1.54. The highest BCUT2D eigenvalue weighted by molar-refractivity contribution is 9.10. The van der Waals surface area contributed by atoms with Crippen LogP contribution in [0, 0.1) is 0 Å². The minimum absolute atomic E-state index is 0.00626. The molecule has 8 heteroatoms. The summed E-state index contributed by atoms with van der Waals surface area (Å²) in [5.74, 6) is 0.241. The summed E-state index contributed by atoms with van der Waals surface area (Å²) in [5.41, 5.74) is 0.831. The van der Waals surface area contributed by atoms with Crippen molar-refractivity contribution in [2.75, 3.05) is 12.8 Å². The fraction of sp³-hybridized carbons (Fsp3) is 0.438. The second kappa shape index (κ2) is 9.08. The molecule has 0 fully saturated rings. The number of carbonyl (C=O) groups is 1. The van der Waals surface area contributed by atoms with Gasteiger partial charge in [-0.05, 0) is 18.1 Å². The van der Waals surface area contributed by atoms with Crippen molar-refractivity contribution in [2.45, 2.75) is 38.0 Å². The van der Waals surface area contributed by atoms with Crippen molar-refractivity contribution < 1.29 is 4.79 Å². The van der Waals surface area contributed by atoms with E-state index in [1.807, 2.05) is 24.3 Å². The Morgan fingerprint density at radius 1 is 1.42 bits per heavy atom. The zero-order valence-electron chi connectivity index (χ0n) is 13.8. The van der Waals surface area contributed by atoms with E-state index in [1.54, 1.807) is 16.5 Å². The number of hydrogen-bond acceptors (Lipinski definition) is 4. The lowest BCUT2D eigenvalue weighted by Crippen LogP contribution is -2.28. The van der Waals surface area contributed by atoms with Crippen LogP contribution in [-0.2, 0) is 17.9 Å². The van der Waals surface area contributed by atoms with Crippen molar-refractivity contribution in [1.29, 1.82) is 0 Å². The van der Waals surface area contributed by atoms with Gasteiger partial charge in [0, 0.05) is 24.6 Å². The molecule has 0 aliphatic carbocycles. The van der Waals surface area contributed by atoms with Crippen LogP contribution in [-0.4, -0.2) is 38.4 Å². The lowest BCUT2D eigenvalue weighted by molar-refractivity contribution is -0.127. The summed E-state index contributed by atoms with van der Waals surface area (Å²) in [6.07, 6.45) is 1.90. The average molecular weight is 413 g/mol. The highest BCUT2D eigenvalue weighted by atomic mass is 79.9. The van der Waals surface area contributed by atoms with Gasteiger partial charge in [0.25, 0.3) is 0 Å². The molecule has 0 spiro atoms. The fourth-order valence-corrected chi connectivity index (χ4v) is 3.46. The van der Waals surface area contributed by atoms with Gasteiger partial charge in [-0.2, -0.15) is 0 Å². The lowest BCUT2D eigenvalue weighted by Gasteiger charge is -2.17. The summed E-state index contributed by atoms with van der Waals surface area (Å²) < 4.78 is 2.58. The molecule has 1 N–H and O–H groups in total. The van der Waals surface area contributed by atoms with E-state index >= 15 is 0 Å². The number of halogens is 1.